The van der Waals surface area contributed by atoms with Gasteiger partial charge in [0.2, 0.25) is 0 Å². The minimum absolute atomic E-state index is 0.0752. The molecule has 0 amide bonds. The highest BCUT2D eigenvalue weighted by Gasteiger charge is 2.32. The first-order chi connectivity index (χ1) is 9.54. The average Bonchev–Trinajstić information content (AvgIpc) is 2.42. The van der Waals surface area contributed by atoms with Gasteiger partial charge in [-0.3, -0.25) is 9.71 Å². The van der Waals surface area contributed by atoms with Crippen LogP contribution in [0.4, 0.5) is 10.1 Å². The lowest BCUT2D eigenvalue weighted by atomic mass is 10.1. The van der Waals surface area contributed by atoms with E-state index in [9.17, 15) is 12.8 Å². The van der Waals surface area contributed by atoms with E-state index in [2.05, 4.69) is 15.0 Å². The summed E-state index contributed by atoms with van der Waals surface area (Å²) in [5.74, 6) is -0.682. The number of nitrogens with zero attached hydrogens (tertiary/aromatic N) is 2. The average molecular weight is 302 g/mol. The van der Waals surface area contributed by atoms with Crippen molar-refractivity contribution in [1.29, 1.82) is 0 Å². The topological polar surface area (TPSA) is 74.3 Å². The summed E-state index contributed by atoms with van der Waals surface area (Å²) >= 11 is 0. The molecule has 2 rings (SSSR count). The molecule has 1 unspecified atom stereocenters. The van der Waals surface area contributed by atoms with Crippen LogP contribution in [0.3, 0.4) is 0 Å². The van der Waals surface area contributed by atoms with Crippen LogP contribution in [0.5, 0.6) is 0 Å². The third kappa shape index (κ3) is 3.44. The van der Waals surface area contributed by atoms with Crippen LogP contribution in [-0.4, -0.2) is 43.9 Å². The van der Waals surface area contributed by atoms with Crippen molar-refractivity contribution in [3.8, 4) is 0 Å². The minimum atomic E-state index is -3.75. The first-order valence-corrected chi connectivity index (χ1v) is 8.02. The van der Waals surface area contributed by atoms with Crippen molar-refractivity contribution in [1.82, 2.24) is 14.6 Å². The molecule has 0 aliphatic carbocycles. The lowest BCUT2D eigenvalue weighted by Gasteiger charge is -2.34. The van der Waals surface area contributed by atoms with E-state index >= 15 is 0 Å². The summed E-state index contributed by atoms with van der Waals surface area (Å²) in [6.45, 7) is 1.04. The molecular formula is C12H19FN4O2S. The Morgan fingerprint density at radius 2 is 2.30 bits per heavy atom. The molecule has 0 radical (unpaired) electrons. The van der Waals surface area contributed by atoms with E-state index in [0.29, 0.717) is 13.1 Å². The van der Waals surface area contributed by atoms with Gasteiger partial charge < -0.3 is 5.32 Å². The van der Waals surface area contributed by atoms with Crippen LogP contribution in [0.2, 0.25) is 0 Å². The van der Waals surface area contributed by atoms with Crippen LogP contribution in [0.1, 0.15) is 19.3 Å². The summed E-state index contributed by atoms with van der Waals surface area (Å²) in [5.41, 5.74) is -0.0752. The third-order valence-electron chi connectivity index (χ3n) is 3.33. The van der Waals surface area contributed by atoms with Gasteiger partial charge in [-0.05, 0) is 26.0 Å². The van der Waals surface area contributed by atoms with E-state index in [1.165, 1.54) is 16.6 Å². The Balaban J connectivity index is 2.18. The molecule has 0 aromatic carbocycles. The molecule has 0 saturated carbocycles. The summed E-state index contributed by atoms with van der Waals surface area (Å²) in [4.78, 5) is 3.60. The Hall–Kier alpha value is -1.25. The molecule has 1 atom stereocenters. The number of hydrogen-bond acceptors (Lipinski definition) is 4. The predicted molar refractivity (Wildman–Crippen MR) is 75.0 cm³/mol. The van der Waals surface area contributed by atoms with E-state index in [0.717, 1.165) is 25.5 Å². The van der Waals surface area contributed by atoms with Crippen LogP contribution < -0.4 is 10.0 Å². The number of likely N-dealkylation sites (N-methyl/N-ethyl adjacent to an activating group) is 1. The Labute approximate surface area is 118 Å². The molecule has 6 nitrogen and oxygen atoms in total. The first kappa shape index (κ1) is 15.1. The zero-order valence-electron chi connectivity index (χ0n) is 11.3. The smallest absolute Gasteiger partial charge is 0.302 e. The van der Waals surface area contributed by atoms with Crippen molar-refractivity contribution in [2.24, 2.45) is 0 Å². The number of nitrogens with one attached hydrogen (secondary N) is 2. The Morgan fingerprint density at radius 3 is 3.00 bits per heavy atom. The van der Waals surface area contributed by atoms with Crippen LogP contribution in [0.15, 0.2) is 18.5 Å². The highest BCUT2D eigenvalue weighted by atomic mass is 32.2. The second kappa shape index (κ2) is 6.47. The molecule has 20 heavy (non-hydrogen) atoms. The van der Waals surface area contributed by atoms with E-state index in [-0.39, 0.29) is 11.7 Å². The number of rotatable bonds is 5. The van der Waals surface area contributed by atoms with Gasteiger partial charge in [-0.2, -0.15) is 12.7 Å². The van der Waals surface area contributed by atoms with E-state index in [4.69, 9.17) is 0 Å². The maximum atomic E-state index is 13.5. The molecule has 2 heterocycles. The number of piperidine rings is 1. The number of anilines is 1. The standard InChI is InChI=1S/C12H19FN4O2S/c1-14-8-10-4-2-3-7-17(10)20(18,19)16-12-5-6-15-9-11(12)13/h5-6,9-10,14H,2-4,7-8H2,1H3,(H,15,16). The van der Waals surface area contributed by atoms with Gasteiger partial charge in [0, 0.05) is 25.3 Å². The van der Waals surface area contributed by atoms with Gasteiger partial charge in [-0.15, -0.1) is 0 Å². The number of halogens is 1. The Bertz CT molecular complexity index is 550. The molecule has 1 fully saturated rings. The van der Waals surface area contributed by atoms with E-state index in [1.807, 2.05) is 0 Å². The maximum absolute atomic E-state index is 13.5. The fraction of sp³-hybridized carbons (Fsp3) is 0.583. The number of aromatic nitrogens is 1. The van der Waals surface area contributed by atoms with Gasteiger partial charge in [-0.25, -0.2) is 4.39 Å². The molecule has 112 valence electrons. The van der Waals surface area contributed by atoms with Crippen molar-refractivity contribution in [2.45, 2.75) is 25.3 Å². The zero-order valence-corrected chi connectivity index (χ0v) is 12.2. The van der Waals surface area contributed by atoms with Crippen molar-refractivity contribution in [2.75, 3.05) is 24.9 Å². The van der Waals surface area contributed by atoms with Crippen molar-refractivity contribution in [3.05, 3.63) is 24.3 Å². The van der Waals surface area contributed by atoms with Crippen molar-refractivity contribution < 1.29 is 12.8 Å². The maximum Gasteiger partial charge on any atom is 0.302 e. The first-order valence-electron chi connectivity index (χ1n) is 6.58. The molecular weight excluding hydrogens is 283 g/mol. The summed E-state index contributed by atoms with van der Waals surface area (Å²) < 4.78 is 42.0. The molecule has 1 saturated heterocycles. The summed E-state index contributed by atoms with van der Waals surface area (Å²) in [7, 11) is -1.97. The van der Waals surface area contributed by atoms with E-state index < -0.39 is 16.0 Å². The van der Waals surface area contributed by atoms with Crippen molar-refractivity contribution >= 4 is 15.9 Å². The highest BCUT2D eigenvalue weighted by Crippen LogP contribution is 2.22. The fourth-order valence-electron chi connectivity index (χ4n) is 2.39. The summed E-state index contributed by atoms with van der Waals surface area (Å²) in [6, 6.07) is 1.21. The quantitative estimate of drug-likeness (QED) is 0.849. The van der Waals surface area contributed by atoms with Crippen LogP contribution in [0, 0.1) is 5.82 Å². The monoisotopic (exact) mass is 302 g/mol. The summed E-state index contributed by atoms with van der Waals surface area (Å²) in [6.07, 6.45) is 4.96. The second-order valence-corrected chi connectivity index (χ2v) is 6.40. The number of hydrogen-bond donors (Lipinski definition) is 2. The van der Waals surface area contributed by atoms with Crippen LogP contribution in [-0.2, 0) is 10.2 Å². The Kier molecular flexibility index (Phi) is 4.90. The molecule has 2 N–H and O–H groups in total. The predicted octanol–water partition coefficient (Wildman–Crippen LogP) is 0.951. The van der Waals surface area contributed by atoms with Gasteiger partial charge in [-0.1, -0.05) is 6.42 Å². The van der Waals surface area contributed by atoms with Crippen LogP contribution in [0.25, 0.3) is 0 Å². The Morgan fingerprint density at radius 1 is 1.50 bits per heavy atom. The molecule has 1 aliphatic heterocycles. The lowest BCUT2D eigenvalue weighted by Crippen LogP contribution is -2.50. The molecule has 8 heteroatoms. The van der Waals surface area contributed by atoms with Gasteiger partial charge in [0.25, 0.3) is 0 Å². The van der Waals surface area contributed by atoms with E-state index in [1.54, 1.807) is 7.05 Å². The normalized spacial score (nSPS) is 20.8. The zero-order chi connectivity index (χ0) is 14.6. The molecule has 1 aliphatic rings. The molecule has 0 spiro atoms. The highest BCUT2D eigenvalue weighted by molar-refractivity contribution is 7.90. The third-order valence-corrected chi connectivity index (χ3v) is 4.91. The van der Waals surface area contributed by atoms with Gasteiger partial charge in [0.15, 0.2) is 5.82 Å². The number of pyridine rings is 1. The fourth-order valence-corrected chi connectivity index (χ4v) is 3.89. The van der Waals surface area contributed by atoms with Crippen LogP contribution >= 0.6 is 0 Å². The molecule has 1 aromatic rings. The van der Waals surface area contributed by atoms with Gasteiger partial charge in [0.05, 0.1) is 11.9 Å². The summed E-state index contributed by atoms with van der Waals surface area (Å²) in [5, 5.41) is 3.00. The SMILES string of the molecule is CNCC1CCCCN1S(=O)(=O)Nc1ccncc1F. The lowest BCUT2D eigenvalue weighted by molar-refractivity contribution is 0.250. The van der Waals surface area contributed by atoms with Gasteiger partial charge >= 0.3 is 10.2 Å². The largest absolute Gasteiger partial charge is 0.318 e. The molecule has 1 aromatic heterocycles. The minimum Gasteiger partial charge on any atom is -0.318 e. The van der Waals surface area contributed by atoms with Crippen molar-refractivity contribution in [3.63, 3.8) is 0 Å². The second-order valence-electron chi connectivity index (χ2n) is 4.78. The molecule has 0 bridgehead atoms. The van der Waals surface area contributed by atoms with Gasteiger partial charge in [0.1, 0.15) is 0 Å².